The first-order chi connectivity index (χ1) is 13.6. The Morgan fingerprint density at radius 3 is 2.54 bits per heavy atom. The number of Topliss-reactive ketones (excluding diaryl/α,β-unsaturated/α-hetero) is 1. The summed E-state index contributed by atoms with van der Waals surface area (Å²) in [7, 11) is 1.36. The van der Waals surface area contributed by atoms with E-state index in [0.717, 1.165) is 17.7 Å². The second-order valence-electron chi connectivity index (χ2n) is 7.17. The molecule has 0 fully saturated rings. The van der Waals surface area contributed by atoms with Gasteiger partial charge in [-0.15, -0.1) is 0 Å². The molecule has 28 heavy (non-hydrogen) atoms. The zero-order valence-corrected chi connectivity index (χ0v) is 15.9. The summed E-state index contributed by atoms with van der Waals surface area (Å²) in [5, 5.41) is 3.32. The number of ether oxygens (including phenoxy) is 1. The molecule has 0 bridgehead atoms. The molecular weight excluding hydrogens is 352 g/mol. The number of methoxy groups -OCH3 is 1. The molecule has 2 atom stereocenters. The maximum Gasteiger partial charge on any atom is 0.336 e. The highest BCUT2D eigenvalue weighted by Crippen LogP contribution is 2.45. The molecule has 1 aromatic carbocycles. The quantitative estimate of drug-likeness (QED) is 0.831. The van der Waals surface area contributed by atoms with Crippen LogP contribution in [-0.2, 0) is 14.3 Å². The first kappa shape index (κ1) is 18.2. The molecule has 0 spiro atoms. The van der Waals surface area contributed by atoms with Crippen LogP contribution in [0.25, 0.3) is 0 Å². The van der Waals surface area contributed by atoms with E-state index in [1.54, 1.807) is 6.20 Å². The molecule has 5 nitrogen and oxygen atoms in total. The Hall–Kier alpha value is -3.21. The topological polar surface area (TPSA) is 68.3 Å². The van der Waals surface area contributed by atoms with Crippen LogP contribution in [0.15, 0.2) is 77.3 Å². The van der Waals surface area contributed by atoms with Crippen molar-refractivity contribution in [2.75, 3.05) is 7.11 Å². The standard InChI is InChI=1S/C23H22N2O3/c1-14-20(23(27)28-2)22(17-10-6-7-11-24-17)21-18(25-14)12-16(13-19(21)26)15-8-4-3-5-9-15/h3-11,16,22,25H,12-13H2,1-2H3/t16-,22-/m1/s1. The number of aromatic nitrogens is 1. The largest absolute Gasteiger partial charge is 0.466 e. The van der Waals surface area contributed by atoms with Crippen molar-refractivity contribution >= 4 is 11.8 Å². The molecule has 0 radical (unpaired) electrons. The van der Waals surface area contributed by atoms with E-state index in [1.807, 2.05) is 43.3 Å². The second kappa shape index (κ2) is 7.43. The van der Waals surface area contributed by atoms with Crippen molar-refractivity contribution in [3.8, 4) is 0 Å². The molecule has 1 aromatic heterocycles. The predicted octanol–water partition coefficient (Wildman–Crippen LogP) is 3.62. The number of nitrogens with zero attached hydrogens (tertiary/aromatic N) is 1. The third-order valence-electron chi connectivity index (χ3n) is 5.49. The summed E-state index contributed by atoms with van der Waals surface area (Å²) in [5.74, 6) is -0.775. The van der Waals surface area contributed by atoms with Gasteiger partial charge in [0.25, 0.3) is 0 Å². The number of rotatable bonds is 3. The van der Waals surface area contributed by atoms with Crippen molar-refractivity contribution in [3.63, 3.8) is 0 Å². The first-order valence-electron chi connectivity index (χ1n) is 9.38. The van der Waals surface area contributed by atoms with Crippen molar-refractivity contribution in [3.05, 3.63) is 88.5 Å². The van der Waals surface area contributed by atoms with Gasteiger partial charge in [-0.05, 0) is 37.0 Å². The van der Waals surface area contributed by atoms with Crippen LogP contribution in [-0.4, -0.2) is 23.8 Å². The number of carbonyl (C=O) groups is 2. The first-order valence-corrected chi connectivity index (χ1v) is 9.38. The number of hydrogen-bond acceptors (Lipinski definition) is 5. The zero-order chi connectivity index (χ0) is 19.7. The molecule has 0 saturated heterocycles. The van der Waals surface area contributed by atoms with Gasteiger partial charge in [-0.3, -0.25) is 9.78 Å². The van der Waals surface area contributed by atoms with E-state index < -0.39 is 11.9 Å². The lowest BCUT2D eigenvalue weighted by atomic mass is 9.73. The number of allylic oxidation sites excluding steroid dienone is 3. The van der Waals surface area contributed by atoms with Crippen LogP contribution < -0.4 is 5.32 Å². The fraction of sp³-hybridized carbons (Fsp3) is 0.261. The second-order valence-corrected chi connectivity index (χ2v) is 7.17. The van der Waals surface area contributed by atoms with Crippen LogP contribution in [0.2, 0.25) is 0 Å². The van der Waals surface area contributed by atoms with E-state index in [0.29, 0.717) is 29.0 Å². The van der Waals surface area contributed by atoms with E-state index in [4.69, 9.17) is 4.74 Å². The lowest BCUT2D eigenvalue weighted by Crippen LogP contribution is -2.36. The van der Waals surface area contributed by atoms with E-state index in [9.17, 15) is 9.59 Å². The Balaban J connectivity index is 1.81. The van der Waals surface area contributed by atoms with Crippen molar-refractivity contribution in [1.29, 1.82) is 0 Å². The van der Waals surface area contributed by atoms with E-state index >= 15 is 0 Å². The Morgan fingerprint density at radius 1 is 1.11 bits per heavy atom. The molecule has 2 heterocycles. The summed E-state index contributed by atoms with van der Waals surface area (Å²) in [6.07, 6.45) is 2.82. The van der Waals surface area contributed by atoms with Gasteiger partial charge in [0.1, 0.15) is 0 Å². The maximum atomic E-state index is 13.3. The molecule has 1 N–H and O–H groups in total. The van der Waals surface area contributed by atoms with Crippen LogP contribution in [0.4, 0.5) is 0 Å². The van der Waals surface area contributed by atoms with E-state index in [1.165, 1.54) is 7.11 Å². The number of esters is 1. The minimum atomic E-state index is -0.505. The lowest BCUT2D eigenvalue weighted by Gasteiger charge is -2.36. The number of nitrogens with one attached hydrogen (secondary N) is 1. The SMILES string of the molecule is COC(=O)C1=C(C)NC2=C(C(=O)C[C@H](c3ccccc3)C2)[C@@H]1c1ccccn1. The number of benzene rings is 1. The highest BCUT2D eigenvalue weighted by molar-refractivity contribution is 6.04. The summed E-state index contributed by atoms with van der Waals surface area (Å²) < 4.78 is 5.02. The summed E-state index contributed by atoms with van der Waals surface area (Å²) in [6.45, 7) is 1.85. The molecule has 142 valence electrons. The van der Waals surface area contributed by atoms with Gasteiger partial charge in [-0.1, -0.05) is 36.4 Å². The van der Waals surface area contributed by atoms with Crippen molar-refractivity contribution in [2.45, 2.75) is 31.6 Å². The summed E-state index contributed by atoms with van der Waals surface area (Å²) in [5.41, 5.74) is 4.51. The molecule has 4 rings (SSSR count). The Bertz CT molecular complexity index is 977. The van der Waals surface area contributed by atoms with Gasteiger partial charge in [0.05, 0.1) is 24.3 Å². The average Bonchev–Trinajstić information content (AvgIpc) is 2.73. The highest BCUT2D eigenvalue weighted by Gasteiger charge is 2.41. The van der Waals surface area contributed by atoms with Crippen molar-refractivity contribution in [2.24, 2.45) is 0 Å². The smallest absolute Gasteiger partial charge is 0.336 e. The fourth-order valence-corrected chi connectivity index (χ4v) is 4.22. The van der Waals surface area contributed by atoms with Gasteiger partial charge >= 0.3 is 5.97 Å². The average molecular weight is 374 g/mol. The van der Waals surface area contributed by atoms with Crippen LogP contribution in [0, 0.1) is 0 Å². The Labute approximate surface area is 164 Å². The normalized spacial score (nSPS) is 21.9. The minimum absolute atomic E-state index is 0.0483. The molecule has 0 unspecified atom stereocenters. The molecule has 0 saturated carbocycles. The van der Waals surface area contributed by atoms with Crippen LogP contribution in [0.3, 0.4) is 0 Å². The number of ketones is 1. The molecule has 1 aliphatic heterocycles. The van der Waals surface area contributed by atoms with Gasteiger partial charge in [0.2, 0.25) is 0 Å². The number of carbonyl (C=O) groups excluding carboxylic acids is 2. The summed E-state index contributed by atoms with van der Waals surface area (Å²) in [4.78, 5) is 30.3. The Kier molecular flexibility index (Phi) is 4.82. The van der Waals surface area contributed by atoms with Crippen LogP contribution in [0.5, 0.6) is 0 Å². The molecule has 2 aliphatic rings. The van der Waals surface area contributed by atoms with Crippen molar-refractivity contribution in [1.82, 2.24) is 10.3 Å². The monoisotopic (exact) mass is 374 g/mol. The molecular formula is C23H22N2O3. The summed E-state index contributed by atoms with van der Waals surface area (Å²) >= 11 is 0. The highest BCUT2D eigenvalue weighted by atomic mass is 16.5. The number of pyridine rings is 1. The Morgan fingerprint density at radius 2 is 1.86 bits per heavy atom. The molecule has 0 amide bonds. The molecule has 5 heteroatoms. The van der Waals surface area contributed by atoms with Gasteiger partial charge in [-0.2, -0.15) is 0 Å². The third-order valence-corrected chi connectivity index (χ3v) is 5.49. The molecule has 2 aromatic rings. The van der Waals surface area contributed by atoms with Crippen LogP contribution in [0.1, 0.15) is 42.9 Å². The van der Waals surface area contributed by atoms with Crippen LogP contribution >= 0.6 is 0 Å². The predicted molar refractivity (Wildman–Crippen MR) is 105 cm³/mol. The summed E-state index contributed by atoms with van der Waals surface area (Å²) in [6, 6.07) is 15.6. The van der Waals surface area contributed by atoms with Gasteiger partial charge in [-0.25, -0.2) is 4.79 Å². The van der Waals surface area contributed by atoms with Gasteiger partial charge in [0.15, 0.2) is 5.78 Å². The maximum absolute atomic E-state index is 13.3. The zero-order valence-electron chi connectivity index (χ0n) is 15.9. The van der Waals surface area contributed by atoms with Gasteiger partial charge in [0, 0.05) is 29.6 Å². The lowest BCUT2D eigenvalue weighted by molar-refractivity contribution is -0.136. The number of dihydropyridines is 1. The molecule has 1 aliphatic carbocycles. The van der Waals surface area contributed by atoms with E-state index in [2.05, 4.69) is 22.4 Å². The van der Waals surface area contributed by atoms with Crippen molar-refractivity contribution < 1.29 is 14.3 Å². The van der Waals surface area contributed by atoms with E-state index in [-0.39, 0.29) is 11.7 Å². The van der Waals surface area contributed by atoms with Gasteiger partial charge < -0.3 is 10.1 Å². The number of hydrogen-bond donors (Lipinski definition) is 1. The minimum Gasteiger partial charge on any atom is -0.466 e. The third kappa shape index (κ3) is 3.13. The fourth-order valence-electron chi connectivity index (χ4n) is 4.22.